The van der Waals surface area contributed by atoms with E-state index in [-0.39, 0.29) is 24.1 Å². The molecule has 0 bridgehead atoms. The second kappa shape index (κ2) is 8.92. The number of carbonyl (C=O) groups is 1. The molecule has 0 radical (unpaired) electrons. The molecule has 1 aromatic heterocycles. The summed E-state index contributed by atoms with van der Waals surface area (Å²) >= 11 is 6.12. The standard InChI is InChI=1S/C24H25ClN2O3/c1-30-21-10-11-22-17(14-21)12-18(23(28)26-22)15-27(20-8-3-2-4-9-20)24(29)16-6-5-7-19(25)13-16/h5-7,10-14,20H,2-4,8-9,15H2,1H3,(H,26,28). The molecule has 4 rings (SSSR count). The summed E-state index contributed by atoms with van der Waals surface area (Å²) < 4.78 is 5.31. The summed E-state index contributed by atoms with van der Waals surface area (Å²) in [5.74, 6) is 0.633. The van der Waals surface area contributed by atoms with Crippen molar-refractivity contribution in [2.75, 3.05) is 7.11 Å². The maximum atomic E-state index is 13.4. The molecule has 30 heavy (non-hydrogen) atoms. The number of aromatic amines is 1. The van der Waals surface area contributed by atoms with Crippen LogP contribution in [0.3, 0.4) is 0 Å². The second-order valence-electron chi connectivity index (χ2n) is 7.81. The number of halogens is 1. The Balaban J connectivity index is 1.71. The number of fused-ring (bicyclic) bond motifs is 1. The number of aromatic nitrogens is 1. The van der Waals surface area contributed by atoms with Crippen LogP contribution in [-0.2, 0) is 6.54 Å². The Kier molecular flexibility index (Phi) is 6.09. The number of hydrogen-bond acceptors (Lipinski definition) is 3. The molecular weight excluding hydrogens is 400 g/mol. The van der Waals surface area contributed by atoms with E-state index in [1.54, 1.807) is 31.4 Å². The minimum atomic E-state index is -0.174. The fourth-order valence-corrected chi connectivity index (χ4v) is 4.39. The summed E-state index contributed by atoms with van der Waals surface area (Å²) in [5.41, 5.74) is 1.69. The van der Waals surface area contributed by atoms with E-state index >= 15 is 0 Å². The summed E-state index contributed by atoms with van der Waals surface area (Å²) in [4.78, 5) is 31.0. The molecule has 1 saturated carbocycles. The third-order valence-electron chi connectivity index (χ3n) is 5.82. The maximum Gasteiger partial charge on any atom is 0.254 e. The molecule has 156 valence electrons. The number of H-pyrrole nitrogens is 1. The molecule has 1 heterocycles. The molecule has 6 heteroatoms. The van der Waals surface area contributed by atoms with Crippen molar-refractivity contribution >= 4 is 28.4 Å². The van der Waals surface area contributed by atoms with Crippen molar-refractivity contribution < 1.29 is 9.53 Å². The van der Waals surface area contributed by atoms with Gasteiger partial charge in [0.1, 0.15) is 5.75 Å². The Labute approximate surface area is 180 Å². The first-order valence-electron chi connectivity index (χ1n) is 10.3. The van der Waals surface area contributed by atoms with Crippen molar-refractivity contribution in [1.82, 2.24) is 9.88 Å². The van der Waals surface area contributed by atoms with E-state index in [4.69, 9.17) is 16.3 Å². The van der Waals surface area contributed by atoms with Crippen LogP contribution in [0.4, 0.5) is 0 Å². The van der Waals surface area contributed by atoms with Crippen LogP contribution in [0, 0.1) is 0 Å². The normalized spacial score (nSPS) is 14.6. The number of hydrogen-bond donors (Lipinski definition) is 1. The van der Waals surface area contributed by atoms with Gasteiger partial charge in [-0.3, -0.25) is 9.59 Å². The van der Waals surface area contributed by atoms with Gasteiger partial charge in [0.15, 0.2) is 0 Å². The van der Waals surface area contributed by atoms with Gasteiger partial charge in [0.25, 0.3) is 11.5 Å². The topological polar surface area (TPSA) is 62.4 Å². The Morgan fingerprint density at radius 2 is 1.93 bits per heavy atom. The molecule has 5 nitrogen and oxygen atoms in total. The van der Waals surface area contributed by atoms with Gasteiger partial charge in [-0.2, -0.15) is 0 Å². The lowest BCUT2D eigenvalue weighted by molar-refractivity contribution is 0.0613. The van der Waals surface area contributed by atoms with Gasteiger partial charge in [-0.1, -0.05) is 36.9 Å². The number of benzene rings is 2. The highest BCUT2D eigenvalue weighted by Gasteiger charge is 2.27. The minimum Gasteiger partial charge on any atom is -0.497 e. The summed E-state index contributed by atoms with van der Waals surface area (Å²) in [5, 5.41) is 1.41. The van der Waals surface area contributed by atoms with E-state index in [2.05, 4.69) is 4.98 Å². The van der Waals surface area contributed by atoms with E-state index in [9.17, 15) is 9.59 Å². The molecule has 1 amide bonds. The van der Waals surface area contributed by atoms with Gasteiger partial charge < -0.3 is 14.6 Å². The molecule has 1 N–H and O–H groups in total. The molecule has 1 aliphatic carbocycles. The van der Waals surface area contributed by atoms with E-state index < -0.39 is 0 Å². The molecular formula is C24H25ClN2O3. The number of amides is 1. The Hall–Kier alpha value is -2.79. The van der Waals surface area contributed by atoms with E-state index in [0.717, 1.165) is 42.3 Å². The average Bonchev–Trinajstić information content (AvgIpc) is 2.77. The molecule has 2 aromatic carbocycles. The molecule has 1 fully saturated rings. The fraction of sp³-hybridized carbons (Fsp3) is 0.333. The Morgan fingerprint density at radius 3 is 2.67 bits per heavy atom. The third kappa shape index (κ3) is 4.36. The molecule has 3 aromatic rings. The second-order valence-corrected chi connectivity index (χ2v) is 8.25. The number of nitrogens with zero attached hydrogens (tertiary/aromatic N) is 1. The lowest BCUT2D eigenvalue weighted by Crippen LogP contribution is -2.42. The quantitative estimate of drug-likeness (QED) is 0.614. The van der Waals surface area contributed by atoms with Gasteiger partial charge in [0.2, 0.25) is 0 Å². The first-order valence-corrected chi connectivity index (χ1v) is 10.7. The lowest BCUT2D eigenvalue weighted by atomic mass is 9.93. The minimum absolute atomic E-state index is 0.0884. The van der Waals surface area contributed by atoms with Crippen LogP contribution in [-0.4, -0.2) is 28.9 Å². The zero-order valence-corrected chi connectivity index (χ0v) is 17.7. The number of methoxy groups -OCH3 is 1. The van der Waals surface area contributed by atoms with E-state index in [1.807, 2.05) is 29.2 Å². The summed E-state index contributed by atoms with van der Waals surface area (Å²) in [6.45, 7) is 0.262. The molecule has 0 aliphatic heterocycles. The van der Waals surface area contributed by atoms with Crippen molar-refractivity contribution in [3.05, 3.63) is 75.0 Å². The van der Waals surface area contributed by atoms with Gasteiger partial charge in [-0.15, -0.1) is 0 Å². The highest BCUT2D eigenvalue weighted by atomic mass is 35.5. The van der Waals surface area contributed by atoms with Crippen molar-refractivity contribution in [1.29, 1.82) is 0 Å². The predicted octanol–water partition coefficient (Wildman–Crippen LogP) is 5.17. The van der Waals surface area contributed by atoms with Crippen LogP contribution in [0.2, 0.25) is 5.02 Å². The molecule has 0 saturated heterocycles. The predicted molar refractivity (Wildman–Crippen MR) is 119 cm³/mol. The largest absolute Gasteiger partial charge is 0.497 e. The van der Waals surface area contributed by atoms with Crippen LogP contribution >= 0.6 is 11.6 Å². The van der Waals surface area contributed by atoms with E-state index in [0.29, 0.717) is 16.1 Å². The summed E-state index contributed by atoms with van der Waals surface area (Å²) in [6, 6.07) is 14.5. The number of nitrogens with one attached hydrogen (secondary N) is 1. The van der Waals surface area contributed by atoms with Gasteiger partial charge in [0.05, 0.1) is 13.7 Å². The molecule has 0 atom stereocenters. The van der Waals surface area contributed by atoms with Gasteiger partial charge in [0, 0.05) is 33.1 Å². The first-order chi connectivity index (χ1) is 14.5. The average molecular weight is 425 g/mol. The van der Waals surface area contributed by atoms with Gasteiger partial charge in [-0.05, 0) is 55.3 Å². The lowest BCUT2D eigenvalue weighted by Gasteiger charge is -2.34. The van der Waals surface area contributed by atoms with Gasteiger partial charge in [-0.25, -0.2) is 0 Å². The van der Waals surface area contributed by atoms with Crippen molar-refractivity contribution in [3.63, 3.8) is 0 Å². The Morgan fingerprint density at radius 1 is 1.13 bits per heavy atom. The number of rotatable bonds is 5. The van der Waals surface area contributed by atoms with E-state index in [1.165, 1.54) is 6.42 Å². The number of carbonyl (C=O) groups excluding carboxylic acids is 1. The Bertz CT molecular complexity index is 1120. The highest BCUT2D eigenvalue weighted by Crippen LogP contribution is 2.27. The summed E-state index contributed by atoms with van der Waals surface area (Å²) in [7, 11) is 1.61. The summed E-state index contributed by atoms with van der Waals surface area (Å²) in [6.07, 6.45) is 5.27. The van der Waals surface area contributed by atoms with Crippen LogP contribution in [0.5, 0.6) is 5.75 Å². The van der Waals surface area contributed by atoms with Gasteiger partial charge >= 0.3 is 0 Å². The third-order valence-corrected chi connectivity index (χ3v) is 6.05. The van der Waals surface area contributed by atoms with Crippen molar-refractivity contribution in [3.8, 4) is 5.75 Å². The highest BCUT2D eigenvalue weighted by molar-refractivity contribution is 6.30. The fourth-order valence-electron chi connectivity index (χ4n) is 4.20. The SMILES string of the molecule is COc1ccc2[nH]c(=O)c(CN(C(=O)c3cccc(Cl)c3)C3CCCCC3)cc2c1. The van der Waals surface area contributed by atoms with Crippen molar-refractivity contribution in [2.45, 2.75) is 44.7 Å². The number of pyridine rings is 1. The van der Waals surface area contributed by atoms with Crippen LogP contribution in [0.1, 0.15) is 48.0 Å². The molecule has 1 aliphatic rings. The number of ether oxygens (including phenoxy) is 1. The first kappa shape index (κ1) is 20.5. The van der Waals surface area contributed by atoms with Crippen LogP contribution in [0.25, 0.3) is 10.9 Å². The smallest absolute Gasteiger partial charge is 0.254 e. The monoisotopic (exact) mass is 424 g/mol. The maximum absolute atomic E-state index is 13.4. The molecule has 0 spiro atoms. The molecule has 0 unspecified atom stereocenters. The van der Waals surface area contributed by atoms with Crippen LogP contribution < -0.4 is 10.3 Å². The zero-order valence-electron chi connectivity index (χ0n) is 17.0. The van der Waals surface area contributed by atoms with Crippen molar-refractivity contribution in [2.24, 2.45) is 0 Å². The van der Waals surface area contributed by atoms with Crippen LogP contribution in [0.15, 0.2) is 53.3 Å². The zero-order chi connectivity index (χ0) is 21.1.